The van der Waals surface area contributed by atoms with E-state index in [0.29, 0.717) is 22.7 Å². The molecule has 0 aliphatic heterocycles. The Morgan fingerprint density at radius 1 is 0.926 bits per heavy atom. The van der Waals surface area contributed by atoms with Crippen molar-refractivity contribution in [3.05, 3.63) is 35.9 Å². The summed E-state index contributed by atoms with van der Waals surface area (Å²) >= 11 is 5.21. The van der Waals surface area contributed by atoms with Gasteiger partial charge in [0.05, 0.1) is 34.7 Å². The smallest absolute Gasteiger partial charge is 0.200 e. The third kappa shape index (κ3) is 5.14. The molecule has 0 radical (unpaired) electrons. The summed E-state index contributed by atoms with van der Waals surface area (Å²) in [7, 11) is 6.04. The molecule has 2 aromatic rings. The lowest BCUT2D eigenvalue weighted by molar-refractivity contribution is 0.340. The van der Waals surface area contributed by atoms with Crippen LogP contribution in [-0.4, -0.2) is 44.9 Å². The molecule has 0 aliphatic rings. The van der Waals surface area contributed by atoms with Gasteiger partial charge in [-0.3, -0.25) is 5.43 Å². The monoisotopic (exact) mass is 391 g/mol. The third-order valence-electron chi connectivity index (χ3n) is 3.52. The molecule has 2 aromatic carbocycles. The molecule has 0 aromatic heterocycles. The molecule has 0 bridgehead atoms. The van der Waals surface area contributed by atoms with Crippen molar-refractivity contribution in [3.63, 3.8) is 0 Å². The lowest BCUT2D eigenvalue weighted by Crippen LogP contribution is -2.23. The number of hydrogen-bond acceptors (Lipinski definition) is 7. The molecule has 3 N–H and O–H groups in total. The number of aromatic hydroxyl groups is 1. The Bertz CT molecular complexity index is 817. The maximum Gasteiger partial charge on any atom is 0.200 e. The first kappa shape index (κ1) is 20.1. The van der Waals surface area contributed by atoms with Crippen LogP contribution in [0.2, 0.25) is 0 Å². The molecule has 0 unspecified atom stereocenters. The summed E-state index contributed by atoms with van der Waals surface area (Å²) in [4.78, 5) is 0. The maximum absolute atomic E-state index is 9.91. The first-order valence-electron chi connectivity index (χ1n) is 7.79. The highest BCUT2D eigenvalue weighted by Crippen LogP contribution is 2.36. The summed E-state index contributed by atoms with van der Waals surface area (Å²) in [5.74, 6) is 1.69. The van der Waals surface area contributed by atoms with E-state index in [2.05, 4.69) is 15.8 Å². The van der Waals surface area contributed by atoms with Crippen molar-refractivity contribution in [3.8, 4) is 28.7 Å². The van der Waals surface area contributed by atoms with Crippen molar-refractivity contribution in [1.29, 1.82) is 0 Å². The Labute approximate surface area is 162 Å². The highest BCUT2D eigenvalue weighted by atomic mass is 32.1. The summed E-state index contributed by atoms with van der Waals surface area (Å²) in [6, 6.07) is 8.56. The van der Waals surface area contributed by atoms with Crippen molar-refractivity contribution in [1.82, 2.24) is 5.43 Å². The third-order valence-corrected chi connectivity index (χ3v) is 3.72. The molecule has 2 rings (SSSR count). The van der Waals surface area contributed by atoms with E-state index < -0.39 is 0 Å². The summed E-state index contributed by atoms with van der Waals surface area (Å²) < 4.78 is 20.6. The molecule has 8 nitrogen and oxygen atoms in total. The molecule has 0 aliphatic carbocycles. The number of thiocarbonyl (C=S) groups is 1. The van der Waals surface area contributed by atoms with Crippen molar-refractivity contribution >= 4 is 29.2 Å². The van der Waals surface area contributed by atoms with Crippen molar-refractivity contribution in [2.75, 3.05) is 33.8 Å². The minimum Gasteiger partial charge on any atom is -0.502 e. The SMILES string of the molecule is COc1ccc(NC(=S)N/N=C/c2cc(OC)c(O)c(OC)c2)cc1OC. The van der Waals surface area contributed by atoms with Crippen LogP contribution in [-0.2, 0) is 0 Å². The zero-order valence-corrected chi connectivity index (χ0v) is 16.2. The van der Waals surface area contributed by atoms with Crippen LogP contribution in [0.5, 0.6) is 28.7 Å². The van der Waals surface area contributed by atoms with E-state index in [9.17, 15) is 5.11 Å². The van der Waals surface area contributed by atoms with Crippen molar-refractivity contribution in [2.24, 2.45) is 5.10 Å². The second-order valence-corrected chi connectivity index (χ2v) is 5.58. The number of anilines is 1. The second kappa shape index (κ2) is 9.48. The van der Waals surface area contributed by atoms with E-state index in [-0.39, 0.29) is 22.4 Å². The molecule has 0 amide bonds. The summed E-state index contributed by atoms with van der Waals surface area (Å²) in [5.41, 5.74) is 4.08. The first-order chi connectivity index (χ1) is 13.0. The van der Waals surface area contributed by atoms with E-state index in [1.54, 1.807) is 44.6 Å². The molecule has 0 spiro atoms. The van der Waals surface area contributed by atoms with Gasteiger partial charge in [0.25, 0.3) is 0 Å². The largest absolute Gasteiger partial charge is 0.502 e. The quantitative estimate of drug-likeness (QED) is 0.377. The number of phenolic OH excluding ortho intramolecular Hbond substituents is 1. The lowest BCUT2D eigenvalue weighted by Gasteiger charge is -2.11. The van der Waals surface area contributed by atoms with E-state index in [4.69, 9.17) is 31.2 Å². The van der Waals surface area contributed by atoms with E-state index in [1.165, 1.54) is 20.4 Å². The van der Waals surface area contributed by atoms with E-state index in [1.807, 2.05) is 0 Å². The predicted octanol–water partition coefficient (Wildman–Crippen LogP) is 2.75. The molecule has 144 valence electrons. The van der Waals surface area contributed by atoms with Crippen LogP contribution in [0, 0.1) is 0 Å². The number of hydrogen-bond donors (Lipinski definition) is 3. The van der Waals surface area contributed by atoms with Gasteiger partial charge in [0.15, 0.2) is 28.1 Å². The number of hydrazone groups is 1. The molecule has 0 heterocycles. The Morgan fingerprint density at radius 2 is 1.52 bits per heavy atom. The number of rotatable bonds is 7. The zero-order chi connectivity index (χ0) is 19.8. The summed E-state index contributed by atoms with van der Waals surface area (Å²) in [6.07, 6.45) is 1.52. The van der Waals surface area contributed by atoms with Crippen molar-refractivity contribution in [2.45, 2.75) is 0 Å². The minimum absolute atomic E-state index is 0.0734. The molecule has 9 heteroatoms. The average Bonchev–Trinajstić information content (AvgIpc) is 2.68. The highest BCUT2D eigenvalue weighted by molar-refractivity contribution is 7.80. The number of nitrogens with one attached hydrogen (secondary N) is 2. The van der Waals surface area contributed by atoms with Gasteiger partial charge < -0.3 is 29.4 Å². The topological polar surface area (TPSA) is 93.6 Å². The number of phenols is 1. The Kier molecular flexibility index (Phi) is 7.07. The van der Waals surface area contributed by atoms with Crippen LogP contribution in [0.15, 0.2) is 35.4 Å². The first-order valence-corrected chi connectivity index (χ1v) is 8.20. The predicted molar refractivity (Wildman–Crippen MR) is 108 cm³/mol. The number of benzene rings is 2. The fourth-order valence-corrected chi connectivity index (χ4v) is 2.40. The Balaban J connectivity index is 2.03. The fourth-order valence-electron chi connectivity index (χ4n) is 2.23. The second-order valence-electron chi connectivity index (χ2n) is 5.17. The molecule has 0 saturated heterocycles. The van der Waals surface area contributed by atoms with Gasteiger partial charge in [-0.1, -0.05) is 0 Å². The van der Waals surface area contributed by atoms with Gasteiger partial charge in [0.2, 0.25) is 5.75 Å². The molecular formula is C18H21N3O5S. The van der Waals surface area contributed by atoms with Gasteiger partial charge in [-0.05, 0) is 36.5 Å². The molecule has 27 heavy (non-hydrogen) atoms. The Morgan fingerprint density at radius 3 is 2.07 bits per heavy atom. The van der Waals surface area contributed by atoms with Crippen LogP contribution in [0.1, 0.15) is 5.56 Å². The van der Waals surface area contributed by atoms with Crippen LogP contribution >= 0.6 is 12.2 Å². The maximum atomic E-state index is 9.91. The van der Waals surface area contributed by atoms with E-state index >= 15 is 0 Å². The molecule has 0 saturated carbocycles. The molecule has 0 fully saturated rings. The Hall–Kier alpha value is -3.20. The minimum atomic E-state index is -0.0734. The lowest BCUT2D eigenvalue weighted by atomic mass is 10.2. The highest BCUT2D eigenvalue weighted by Gasteiger charge is 2.10. The number of methoxy groups -OCH3 is 4. The summed E-state index contributed by atoms with van der Waals surface area (Å²) in [5, 5.41) is 17.3. The van der Waals surface area contributed by atoms with Gasteiger partial charge in [-0.2, -0.15) is 5.10 Å². The normalized spacial score (nSPS) is 10.4. The van der Waals surface area contributed by atoms with Crippen LogP contribution < -0.4 is 29.7 Å². The molecular weight excluding hydrogens is 370 g/mol. The standard InChI is InChI=1S/C18H21N3O5S/c1-23-13-6-5-12(9-14(13)24-2)20-18(27)21-19-10-11-7-15(25-3)17(22)16(8-11)26-4/h5-10,22H,1-4H3,(H2,20,21,27)/b19-10+. The molecule has 0 atom stereocenters. The number of nitrogens with zero attached hydrogens (tertiary/aromatic N) is 1. The van der Waals surface area contributed by atoms with Gasteiger partial charge in [-0.25, -0.2) is 0 Å². The van der Waals surface area contributed by atoms with Gasteiger partial charge in [0.1, 0.15) is 0 Å². The number of ether oxygens (including phenoxy) is 4. The van der Waals surface area contributed by atoms with Crippen molar-refractivity contribution < 1.29 is 24.1 Å². The van der Waals surface area contributed by atoms with Gasteiger partial charge in [-0.15, -0.1) is 0 Å². The summed E-state index contributed by atoms with van der Waals surface area (Å²) in [6.45, 7) is 0. The fraction of sp³-hybridized carbons (Fsp3) is 0.222. The van der Waals surface area contributed by atoms with Crippen LogP contribution in [0.25, 0.3) is 0 Å². The zero-order valence-electron chi connectivity index (χ0n) is 15.4. The average molecular weight is 391 g/mol. The van der Waals surface area contributed by atoms with Crippen LogP contribution in [0.3, 0.4) is 0 Å². The van der Waals surface area contributed by atoms with E-state index in [0.717, 1.165) is 0 Å². The van der Waals surface area contributed by atoms with Crippen LogP contribution in [0.4, 0.5) is 5.69 Å². The van der Waals surface area contributed by atoms with Gasteiger partial charge >= 0.3 is 0 Å². The van der Waals surface area contributed by atoms with Gasteiger partial charge in [0, 0.05) is 17.3 Å².